The molecule has 23 heavy (non-hydrogen) atoms. The lowest BCUT2D eigenvalue weighted by Crippen LogP contribution is -2.19. The van der Waals surface area contributed by atoms with E-state index in [1.54, 1.807) is 0 Å². The Morgan fingerprint density at radius 2 is 1.52 bits per heavy atom. The maximum Gasteiger partial charge on any atom is 0.280 e. The predicted molar refractivity (Wildman–Crippen MR) is 91.4 cm³/mol. The fourth-order valence-electron chi connectivity index (χ4n) is 2.89. The van der Waals surface area contributed by atoms with Crippen molar-refractivity contribution in [3.8, 4) is 22.3 Å². The van der Waals surface area contributed by atoms with Gasteiger partial charge < -0.3 is 0 Å². The standard InChI is InChI=1S/C19H15N3O/c1-13-17(15-10-6-3-7-11-15)19(23)22-18(21-13)16(12-20-22)14-8-4-2-5-9-14/h2-12,20H,1H3. The van der Waals surface area contributed by atoms with Crippen LogP contribution in [0.3, 0.4) is 0 Å². The average Bonchev–Trinajstić information content (AvgIpc) is 3.00. The number of aromatic amines is 1. The van der Waals surface area contributed by atoms with Gasteiger partial charge in [-0.2, -0.15) is 0 Å². The SMILES string of the molecule is Cc1nc2c(-c3ccccc3)c[nH]n2c(=O)c1-c1ccccc1. The molecule has 0 atom stereocenters. The molecule has 0 spiro atoms. The van der Waals surface area contributed by atoms with Crippen LogP contribution in [0.15, 0.2) is 71.7 Å². The Labute approximate surface area is 133 Å². The van der Waals surface area contributed by atoms with Gasteiger partial charge in [0.15, 0.2) is 5.65 Å². The van der Waals surface area contributed by atoms with E-state index < -0.39 is 0 Å². The zero-order valence-electron chi connectivity index (χ0n) is 12.7. The van der Waals surface area contributed by atoms with E-state index in [0.29, 0.717) is 11.2 Å². The van der Waals surface area contributed by atoms with Crippen LogP contribution in [-0.2, 0) is 0 Å². The molecule has 2 heterocycles. The van der Waals surface area contributed by atoms with Crippen LogP contribution >= 0.6 is 0 Å². The fourth-order valence-corrected chi connectivity index (χ4v) is 2.89. The van der Waals surface area contributed by atoms with E-state index in [1.165, 1.54) is 4.52 Å². The van der Waals surface area contributed by atoms with E-state index in [0.717, 1.165) is 22.4 Å². The molecule has 2 aromatic carbocycles. The van der Waals surface area contributed by atoms with Gasteiger partial charge in [-0.1, -0.05) is 60.7 Å². The van der Waals surface area contributed by atoms with Gasteiger partial charge in [0, 0.05) is 11.8 Å². The number of hydrogen-bond acceptors (Lipinski definition) is 2. The van der Waals surface area contributed by atoms with E-state index in [9.17, 15) is 4.79 Å². The smallest absolute Gasteiger partial charge is 0.280 e. The monoisotopic (exact) mass is 301 g/mol. The highest BCUT2D eigenvalue weighted by Crippen LogP contribution is 2.24. The molecule has 4 rings (SSSR count). The molecule has 112 valence electrons. The minimum absolute atomic E-state index is 0.0825. The molecule has 4 aromatic rings. The first kappa shape index (κ1) is 13.5. The third-order valence-electron chi connectivity index (χ3n) is 3.99. The van der Waals surface area contributed by atoms with Crippen molar-refractivity contribution in [2.45, 2.75) is 6.92 Å². The van der Waals surface area contributed by atoms with Crippen LogP contribution < -0.4 is 5.56 Å². The lowest BCUT2D eigenvalue weighted by molar-refractivity contribution is 0.893. The van der Waals surface area contributed by atoms with Gasteiger partial charge >= 0.3 is 0 Å². The minimum Gasteiger partial charge on any atom is -0.296 e. The quantitative estimate of drug-likeness (QED) is 0.614. The van der Waals surface area contributed by atoms with Crippen molar-refractivity contribution in [3.63, 3.8) is 0 Å². The van der Waals surface area contributed by atoms with Gasteiger partial charge in [-0.15, -0.1) is 0 Å². The second-order valence-electron chi connectivity index (χ2n) is 5.46. The van der Waals surface area contributed by atoms with Gasteiger partial charge in [-0.3, -0.25) is 9.89 Å². The van der Waals surface area contributed by atoms with E-state index >= 15 is 0 Å². The van der Waals surface area contributed by atoms with Gasteiger partial charge in [-0.05, 0) is 18.1 Å². The number of aryl methyl sites for hydroxylation is 1. The highest BCUT2D eigenvalue weighted by Gasteiger charge is 2.15. The van der Waals surface area contributed by atoms with Crippen molar-refractivity contribution in [1.29, 1.82) is 0 Å². The van der Waals surface area contributed by atoms with Gasteiger partial charge in [0.2, 0.25) is 0 Å². The topological polar surface area (TPSA) is 50.2 Å². The molecule has 4 nitrogen and oxygen atoms in total. The van der Waals surface area contributed by atoms with Crippen LogP contribution in [0.2, 0.25) is 0 Å². The number of nitrogens with one attached hydrogen (secondary N) is 1. The maximum absolute atomic E-state index is 12.9. The predicted octanol–water partition coefficient (Wildman–Crippen LogP) is 3.67. The Morgan fingerprint density at radius 1 is 0.913 bits per heavy atom. The van der Waals surface area contributed by atoms with Crippen LogP contribution in [-0.4, -0.2) is 14.6 Å². The number of aromatic nitrogens is 3. The number of benzene rings is 2. The summed E-state index contributed by atoms with van der Waals surface area (Å²) in [5.74, 6) is 0. The van der Waals surface area contributed by atoms with Crippen molar-refractivity contribution in [3.05, 3.63) is 82.9 Å². The average molecular weight is 301 g/mol. The number of fused-ring (bicyclic) bond motifs is 1. The summed E-state index contributed by atoms with van der Waals surface area (Å²) in [6.45, 7) is 1.88. The maximum atomic E-state index is 12.9. The van der Waals surface area contributed by atoms with Crippen molar-refractivity contribution >= 4 is 5.65 Å². The van der Waals surface area contributed by atoms with Crippen LogP contribution in [0.4, 0.5) is 0 Å². The van der Waals surface area contributed by atoms with Crippen molar-refractivity contribution in [2.75, 3.05) is 0 Å². The highest BCUT2D eigenvalue weighted by molar-refractivity contribution is 5.78. The summed E-state index contributed by atoms with van der Waals surface area (Å²) in [7, 11) is 0. The Balaban J connectivity index is 2.00. The summed E-state index contributed by atoms with van der Waals surface area (Å²) in [6.07, 6.45) is 1.83. The molecule has 0 fully saturated rings. The molecule has 0 saturated heterocycles. The first-order valence-electron chi connectivity index (χ1n) is 7.47. The van der Waals surface area contributed by atoms with E-state index in [2.05, 4.69) is 10.1 Å². The Kier molecular flexibility index (Phi) is 3.08. The molecule has 0 aliphatic carbocycles. The molecule has 0 saturated carbocycles. The third-order valence-corrected chi connectivity index (χ3v) is 3.99. The van der Waals surface area contributed by atoms with E-state index in [-0.39, 0.29) is 5.56 Å². The summed E-state index contributed by atoms with van der Waals surface area (Å²) in [5.41, 5.74) is 4.77. The Morgan fingerprint density at radius 3 is 2.17 bits per heavy atom. The normalized spacial score (nSPS) is 11.0. The molecule has 0 bridgehead atoms. The van der Waals surface area contributed by atoms with Crippen LogP contribution in [0.5, 0.6) is 0 Å². The number of rotatable bonds is 2. The zero-order valence-corrected chi connectivity index (χ0v) is 12.7. The summed E-state index contributed by atoms with van der Waals surface area (Å²) in [6, 6.07) is 19.6. The summed E-state index contributed by atoms with van der Waals surface area (Å²) >= 11 is 0. The fraction of sp³-hybridized carbons (Fsp3) is 0.0526. The second kappa shape index (κ2) is 5.25. The van der Waals surface area contributed by atoms with Crippen molar-refractivity contribution < 1.29 is 0 Å². The van der Waals surface area contributed by atoms with E-state index in [4.69, 9.17) is 0 Å². The second-order valence-corrected chi connectivity index (χ2v) is 5.46. The number of hydrogen-bond donors (Lipinski definition) is 1. The molecule has 0 amide bonds. The summed E-state index contributed by atoms with van der Waals surface area (Å²) < 4.78 is 1.51. The minimum atomic E-state index is -0.0825. The molecular formula is C19H15N3O. The molecule has 0 aliphatic heterocycles. The molecule has 0 radical (unpaired) electrons. The van der Waals surface area contributed by atoms with Crippen molar-refractivity contribution in [2.24, 2.45) is 0 Å². The van der Waals surface area contributed by atoms with Crippen LogP contribution in [0, 0.1) is 6.92 Å². The molecular weight excluding hydrogens is 286 g/mol. The molecule has 0 unspecified atom stereocenters. The summed E-state index contributed by atoms with van der Waals surface area (Å²) in [4.78, 5) is 17.6. The zero-order chi connectivity index (χ0) is 15.8. The first-order chi connectivity index (χ1) is 11.3. The first-order valence-corrected chi connectivity index (χ1v) is 7.47. The van der Waals surface area contributed by atoms with Crippen molar-refractivity contribution in [1.82, 2.24) is 14.6 Å². The molecule has 0 aliphatic rings. The molecule has 2 aromatic heterocycles. The lowest BCUT2D eigenvalue weighted by Gasteiger charge is -2.06. The van der Waals surface area contributed by atoms with Crippen LogP contribution in [0.25, 0.3) is 27.9 Å². The number of nitrogens with zero attached hydrogens (tertiary/aromatic N) is 2. The van der Waals surface area contributed by atoms with E-state index in [1.807, 2.05) is 73.8 Å². The largest absolute Gasteiger partial charge is 0.296 e. The Bertz CT molecular complexity index is 1030. The highest BCUT2D eigenvalue weighted by atomic mass is 16.1. The Hall–Kier alpha value is -3.14. The lowest BCUT2D eigenvalue weighted by atomic mass is 10.1. The molecule has 1 N–H and O–H groups in total. The van der Waals surface area contributed by atoms with Gasteiger partial charge in [-0.25, -0.2) is 9.50 Å². The third kappa shape index (κ3) is 2.16. The van der Waals surface area contributed by atoms with Gasteiger partial charge in [0.05, 0.1) is 11.3 Å². The van der Waals surface area contributed by atoms with Gasteiger partial charge in [0.1, 0.15) is 0 Å². The van der Waals surface area contributed by atoms with Gasteiger partial charge in [0.25, 0.3) is 5.56 Å². The molecule has 4 heteroatoms. The summed E-state index contributed by atoms with van der Waals surface area (Å²) in [5, 5.41) is 3.03. The van der Waals surface area contributed by atoms with Crippen LogP contribution in [0.1, 0.15) is 5.69 Å². The number of H-pyrrole nitrogens is 1.